The summed E-state index contributed by atoms with van der Waals surface area (Å²) in [6, 6.07) is 1.50. The first-order valence-corrected chi connectivity index (χ1v) is 5.24. The molecule has 2 N–H and O–H groups in total. The van der Waals surface area contributed by atoms with E-state index in [9.17, 15) is 4.79 Å². The zero-order valence-electron chi connectivity index (χ0n) is 9.74. The quantitative estimate of drug-likeness (QED) is 0.771. The van der Waals surface area contributed by atoms with Crippen LogP contribution in [0.2, 0.25) is 0 Å². The smallest absolute Gasteiger partial charge is 0.351 e. The molecule has 0 amide bonds. The molecule has 0 saturated heterocycles. The van der Waals surface area contributed by atoms with E-state index in [-0.39, 0.29) is 12.4 Å². The zero-order valence-corrected chi connectivity index (χ0v) is 9.74. The Bertz CT molecular complexity index is 572. The fourth-order valence-corrected chi connectivity index (χ4v) is 1.68. The maximum Gasteiger partial charge on any atom is 0.351 e. The second-order valence-corrected chi connectivity index (χ2v) is 3.72. The lowest BCUT2D eigenvalue weighted by atomic mass is 10.3. The maximum atomic E-state index is 11.6. The molecule has 1 aromatic heterocycles. The molecule has 0 saturated carbocycles. The minimum Gasteiger partial charge on any atom is -0.383 e. The van der Waals surface area contributed by atoms with Gasteiger partial charge in [0.1, 0.15) is 18.1 Å². The van der Waals surface area contributed by atoms with Crippen molar-refractivity contribution in [1.29, 1.82) is 0 Å². The number of hydrogen-bond acceptors (Lipinski definition) is 5. The molecule has 0 radical (unpaired) electrons. The van der Waals surface area contributed by atoms with Crippen molar-refractivity contribution in [2.75, 3.05) is 19.5 Å². The Morgan fingerprint density at radius 1 is 1.72 bits per heavy atom. The van der Waals surface area contributed by atoms with Gasteiger partial charge in [0.15, 0.2) is 5.70 Å². The molecule has 0 fully saturated rings. The van der Waals surface area contributed by atoms with Gasteiger partial charge in [-0.3, -0.25) is 4.57 Å². The van der Waals surface area contributed by atoms with Crippen LogP contribution in [0.1, 0.15) is 6.23 Å². The first kappa shape index (κ1) is 12.3. The summed E-state index contributed by atoms with van der Waals surface area (Å²) in [7, 11) is 1.52. The molecule has 2 rings (SSSR count). The number of hydrogen-bond donors (Lipinski definition) is 1. The molecule has 1 aromatic rings. The third-order valence-electron chi connectivity index (χ3n) is 2.52. The standard InChI is InChI=1S/C11H12N4O3/c1-13-7-5-10(18-8(7)6-17-2)15-4-3-9(12)14-11(15)16/h3-5,8,10H,6H2,2H3,(H2,12,14,16)/t8-,10-/m1/s1. The molecule has 18 heavy (non-hydrogen) atoms. The Balaban J connectivity index is 2.29. The van der Waals surface area contributed by atoms with Crippen LogP contribution in [0.25, 0.3) is 4.85 Å². The molecule has 1 aliphatic heterocycles. The zero-order chi connectivity index (χ0) is 13.1. The van der Waals surface area contributed by atoms with Crippen LogP contribution < -0.4 is 11.4 Å². The van der Waals surface area contributed by atoms with Crippen LogP contribution in [-0.4, -0.2) is 29.4 Å². The molecule has 7 heteroatoms. The number of nitrogen functional groups attached to an aromatic ring is 1. The molecule has 0 bridgehead atoms. The highest BCUT2D eigenvalue weighted by molar-refractivity contribution is 5.25. The van der Waals surface area contributed by atoms with Crippen LogP contribution >= 0.6 is 0 Å². The molecule has 2 heterocycles. The van der Waals surface area contributed by atoms with Gasteiger partial charge in [-0.25, -0.2) is 9.64 Å². The van der Waals surface area contributed by atoms with Crippen LogP contribution in [0.5, 0.6) is 0 Å². The van der Waals surface area contributed by atoms with Crippen molar-refractivity contribution in [3.05, 3.63) is 45.9 Å². The van der Waals surface area contributed by atoms with Gasteiger partial charge in [0.2, 0.25) is 0 Å². The van der Waals surface area contributed by atoms with Crippen molar-refractivity contribution in [2.24, 2.45) is 0 Å². The lowest BCUT2D eigenvalue weighted by Gasteiger charge is -2.16. The van der Waals surface area contributed by atoms with Crippen molar-refractivity contribution in [3.63, 3.8) is 0 Å². The predicted octanol–water partition coefficient (Wildman–Crippen LogP) is 0.172. The highest BCUT2D eigenvalue weighted by Gasteiger charge is 2.29. The van der Waals surface area contributed by atoms with E-state index in [1.165, 1.54) is 23.9 Å². The van der Waals surface area contributed by atoms with E-state index in [1.807, 2.05) is 0 Å². The first-order valence-electron chi connectivity index (χ1n) is 5.24. The summed E-state index contributed by atoms with van der Waals surface area (Å²) >= 11 is 0. The molecule has 0 unspecified atom stereocenters. The molecule has 0 aromatic carbocycles. The highest BCUT2D eigenvalue weighted by atomic mass is 16.5. The Morgan fingerprint density at radius 2 is 2.50 bits per heavy atom. The second kappa shape index (κ2) is 5.00. The van der Waals surface area contributed by atoms with E-state index >= 15 is 0 Å². The third-order valence-corrected chi connectivity index (χ3v) is 2.52. The van der Waals surface area contributed by atoms with Gasteiger partial charge in [0.05, 0.1) is 13.2 Å². The molecular formula is C11H12N4O3. The van der Waals surface area contributed by atoms with E-state index in [0.717, 1.165) is 0 Å². The molecular weight excluding hydrogens is 236 g/mol. The minimum atomic E-state index is -0.644. The maximum absolute atomic E-state index is 11.6. The number of rotatable bonds is 3. The highest BCUT2D eigenvalue weighted by Crippen LogP contribution is 2.27. The number of methoxy groups -OCH3 is 1. The van der Waals surface area contributed by atoms with Gasteiger partial charge in [-0.2, -0.15) is 4.98 Å². The summed E-state index contributed by atoms with van der Waals surface area (Å²) in [4.78, 5) is 18.6. The number of nitrogens with zero attached hydrogens (tertiary/aromatic N) is 3. The number of aromatic nitrogens is 2. The second-order valence-electron chi connectivity index (χ2n) is 3.72. The summed E-state index contributed by atoms with van der Waals surface area (Å²) in [5, 5.41) is 0. The van der Waals surface area contributed by atoms with Crippen molar-refractivity contribution in [1.82, 2.24) is 9.55 Å². The van der Waals surface area contributed by atoms with Crippen molar-refractivity contribution in [3.8, 4) is 0 Å². The van der Waals surface area contributed by atoms with Gasteiger partial charge in [-0.05, 0) is 12.1 Å². The van der Waals surface area contributed by atoms with E-state index in [1.54, 1.807) is 6.08 Å². The Kier molecular flexibility index (Phi) is 3.41. The average Bonchev–Trinajstić information content (AvgIpc) is 2.72. The van der Waals surface area contributed by atoms with Gasteiger partial charge in [0, 0.05) is 13.3 Å². The van der Waals surface area contributed by atoms with Crippen LogP contribution in [0.15, 0.2) is 28.8 Å². The molecule has 2 atom stereocenters. The summed E-state index contributed by atoms with van der Waals surface area (Å²) in [6.45, 7) is 7.31. The number of anilines is 1. The fraction of sp³-hybridized carbons (Fsp3) is 0.364. The third kappa shape index (κ3) is 2.25. The van der Waals surface area contributed by atoms with E-state index in [0.29, 0.717) is 5.70 Å². The lowest BCUT2D eigenvalue weighted by molar-refractivity contribution is -0.0226. The van der Waals surface area contributed by atoms with E-state index in [4.69, 9.17) is 21.8 Å². The number of nitrogens with two attached hydrogens (primary N) is 1. The molecule has 0 aliphatic carbocycles. The van der Waals surface area contributed by atoms with E-state index in [2.05, 4.69) is 9.83 Å². The SMILES string of the molecule is [C-]#[N+]C1=C[C@H](n2ccc(N)nc2=O)O[C@@H]1COC. The predicted molar refractivity (Wildman–Crippen MR) is 63.4 cm³/mol. The van der Waals surface area contributed by atoms with Gasteiger partial charge in [-0.1, -0.05) is 0 Å². The molecule has 1 aliphatic rings. The summed E-state index contributed by atoms with van der Waals surface area (Å²) in [5.41, 5.74) is 5.31. The Morgan fingerprint density at radius 3 is 3.11 bits per heavy atom. The number of ether oxygens (including phenoxy) is 2. The molecule has 0 spiro atoms. The van der Waals surface area contributed by atoms with Crippen LogP contribution in [-0.2, 0) is 9.47 Å². The van der Waals surface area contributed by atoms with Gasteiger partial charge in [0.25, 0.3) is 0 Å². The lowest BCUT2D eigenvalue weighted by Crippen LogP contribution is -2.28. The molecule has 7 nitrogen and oxygen atoms in total. The van der Waals surface area contributed by atoms with Crippen molar-refractivity contribution in [2.45, 2.75) is 12.3 Å². The summed E-state index contributed by atoms with van der Waals surface area (Å²) in [6.07, 6.45) is 1.97. The van der Waals surface area contributed by atoms with Crippen LogP contribution in [0.3, 0.4) is 0 Å². The summed E-state index contributed by atoms with van der Waals surface area (Å²) < 4.78 is 11.8. The monoisotopic (exact) mass is 248 g/mol. The average molecular weight is 248 g/mol. The van der Waals surface area contributed by atoms with Crippen LogP contribution in [0.4, 0.5) is 5.82 Å². The van der Waals surface area contributed by atoms with Crippen LogP contribution in [0, 0.1) is 6.57 Å². The Labute approximate surface area is 103 Å². The van der Waals surface area contributed by atoms with Crippen molar-refractivity contribution >= 4 is 5.82 Å². The van der Waals surface area contributed by atoms with Gasteiger partial charge < -0.3 is 15.2 Å². The Hall–Kier alpha value is -2.17. The topological polar surface area (TPSA) is 83.7 Å². The van der Waals surface area contributed by atoms with Gasteiger partial charge in [-0.15, -0.1) is 0 Å². The van der Waals surface area contributed by atoms with E-state index < -0.39 is 18.0 Å². The fourth-order valence-electron chi connectivity index (χ4n) is 1.68. The normalized spacial score (nSPS) is 22.6. The van der Waals surface area contributed by atoms with Gasteiger partial charge >= 0.3 is 5.69 Å². The molecule has 94 valence electrons. The largest absolute Gasteiger partial charge is 0.383 e. The van der Waals surface area contributed by atoms with Crippen molar-refractivity contribution < 1.29 is 9.47 Å². The minimum absolute atomic E-state index is 0.150. The summed E-state index contributed by atoms with van der Waals surface area (Å²) in [5.74, 6) is 0.150. The first-order chi connectivity index (χ1) is 8.65.